The van der Waals surface area contributed by atoms with Crippen LogP contribution in [0, 0.1) is 28.7 Å². The van der Waals surface area contributed by atoms with E-state index >= 15 is 0 Å². The zero-order valence-corrected chi connectivity index (χ0v) is 34.0. The van der Waals surface area contributed by atoms with Crippen LogP contribution in [0.1, 0.15) is 36.5 Å². The zero-order chi connectivity index (χ0) is 34.1. The van der Waals surface area contributed by atoms with Crippen molar-refractivity contribution in [1.82, 2.24) is 0 Å². The van der Waals surface area contributed by atoms with Gasteiger partial charge in [-0.25, -0.2) is 0 Å². The van der Waals surface area contributed by atoms with Crippen molar-refractivity contribution in [3.63, 3.8) is 0 Å². The number of benzene rings is 7. The van der Waals surface area contributed by atoms with E-state index in [4.69, 9.17) is 0 Å². The van der Waals surface area contributed by atoms with Gasteiger partial charge in [0, 0.05) is 0 Å². The fraction of sp³-hybridized carbons (Fsp3) is 0.102. The zero-order valence-electron chi connectivity index (χ0n) is 30.5. The van der Waals surface area contributed by atoms with Crippen molar-refractivity contribution >= 4 is 60.7 Å². The van der Waals surface area contributed by atoms with E-state index in [1.807, 2.05) is 0 Å². The van der Waals surface area contributed by atoms with Crippen molar-refractivity contribution in [2.24, 2.45) is 0 Å². The molecule has 9 rings (SSSR count). The topological polar surface area (TPSA) is 0 Å². The summed E-state index contributed by atoms with van der Waals surface area (Å²) in [7, 11) is 0. The predicted octanol–water partition coefficient (Wildman–Crippen LogP) is 14.2. The van der Waals surface area contributed by atoms with Crippen LogP contribution in [0.25, 0.3) is 76.1 Å². The summed E-state index contributed by atoms with van der Waals surface area (Å²) in [6.07, 6.45) is 0. The van der Waals surface area contributed by atoms with E-state index in [1.54, 1.807) is 0 Å². The summed E-state index contributed by atoms with van der Waals surface area (Å²) in [5, 5.41) is 13.3. The molecule has 0 heterocycles. The maximum atomic E-state index is 3.06. The Hall–Kier alpha value is -4.36. The standard InChI is InChI=1S/C26H21.C21H17.2CH3.Si.Zr/c1-17(2)20-15-19-8-5-10-24(26(19)16-20)23-12-6-11-22-21-9-4-3-7-18(21)13-14-25(22)23;1-14-12-20-15(2)10-11-19(21(20)13-14)18-9-5-7-16-6-3-4-8-17(16)18;;;;/h3-17H,1-2H3;3-13H,1-2H3;2*1H3;;/q4*-1;;. The minimum absolute atomic E-state index is 0. The molecular formula is C49H44SiZr-4. The summed E-state index contributed by atoms with van der Waals surface area (Å²) in [5.41, 5.74) is 9.40. The Kier molecular flexibility index (Phi) is 12.1. The summed E-state index contributed by atoms with van der Waals surface area (Å²) >= 11 is 1.36. The third kappa shape index (κ3) is 7.23. The van der Waals surface area contributed by atoms with Crippen LogP contribution in [-0.4, -0.2) is 6.88 Å². The van der Waals surface area contributed by atoms with Gasteiger partial charge in [0.05, 0.1) is 0 Å². The molecule has 0 nitrogen and oxygen atoms in total. The van der Waals surface area contributed by atoms with Gasteiger partial charge < -0.3 is 14.9 Å². The Bertz CT molecular complexity index is 2590. The first kappa shape index (κ1) is 37.9. The Morgan fingerprint density at radius 2 is 1.02 bits per heavy atom. The molecule has 2 radical (unpaired) electrons. The molecule has 0 bridgehead atoms. The van der Waals surface area contributed by atoms with Crippen molar-refractivity contribution in [2.75, 3.05) is 0 Å². The number of hydrogen-bond donors (Lipinski definition) is 0. The number of fused-ring (bicyclic) bond motifs is 6. The van der Waals surface area contributed by atoms with Crippen LogP contribution in [0.15, 0.2) is 152 Å². The van der Waals surface area contributed by atoms with Crippen LogP contribution in [0.3, 0.4) is 0 Å². The molecule has 0 unspecified atom stereocenters. The average molecular weight is 752 g/mol. The van der Waals surface area contributed by atoms with Gasteiger partial charge in [0.15, 0.2) is 0 Å². The van der Waals surface area contributed by atoms with Gasteiger partial charge in [-0.1, -0.05) is 148 Å². The van der Waals surface area contributed by atoms with E-state index in [2.05, 4.69) is 186 Å². The van der Waals surface area contributed by atoms with E-state index in [1.165, 1.54) is 116 Å². The SMILES string of the molecule is CC(C)c1cc2c(-c3cccc4c3ccc3ccccc34)cccc2[cH-]1.Cc1cc2c(-c3cccc4ccccc34)ccc(C)c2[cH-]1.[CH3-].[CH3-].[Si]=[Zr]. The first-order chi connectivity index (χ1) is 24.0. The number of aryl methyl sites for hydroxylation is 2. The van der Waals surface area contributed by atoms with E-state index in [0.717, 1.165) is 0 Å². The van der Waals surface area contributed by atoms with Gasteiger partial charge >= 0.3 is 30.2 Å². The van der Waals surface area contributed by atoms with Crippen LogP contribution in [0.5, 0.6) is 0 Å². The minimum atomic E-state index is 0. The molecule has 0 saturated carbocycles. The van der Waals surface area contributed by atoms with Crippen LogP contribution >= 0.6 is 0 Å². The molecule has 252 valence electrons. The number of rotatable bonds is 3. The van der Waals surface area contributed by atoms with Crippen molar-refractivity contribution in [1.29, 1.82) is 0 Å². The summed E-state index contributed by atoms with van der Waals surface area (Å²) in [6, 6.07) is 55.5. The Labute approximate surface area is 321 Å². The quantitative estimate of drug-likeness (QED) is 0.0958. The molecule has 0 spiro atoms. The van der Waals surface area contributed by atoms with Gasteiger partial charge in [-0.2, -0.15) is 12.1 Å². The molecule has 51 heavy (non-hydrogen) atoms. The van der Waals surface area contributed by atoms with Gasteiger partial charge in [-0.05, 0) is 49.4 Å². The third-order valence-electron chi connectivity index (χ3n) is 9.85. The second-order valence-electron chi connectivity index (χ2n) is 13.3. The molecular weight excluding hydrogens is 708 g/mol. The Morgan fingerprint density at radius 1 is 0.471 bits per heavy atom. The molecule has 0 saturated heterocycles. The van der Waals surface area contributed by atoms with E-state index in [-0.39, 0.29) is 14.9 Å². The summed E-state index contributed by atoms with van der Waals surface area (Å²) in [5.74, 6) is 0.548. The molecule has 0 aromatic heterocycles. The Balaban J connectivity index is 0.000000185. The first-order valence-electron chi connectivity index (χ1n) is 17.0. The van der Waals surface area contributed by atoms with Gasteiger partial charge in [-0.15, -0.1) is 68.6 Å². The molecule has 0 fully saturated rings. The fourth-order valence-corrected chi connectivity index (χ4v) is 7.39. The van der Waals surface area contributed by atoms with Crippen molar-refractivity contribution in [3.05, 3.63) is 183 Å². The van der Waals surface area contributed by atoms with Gasteiger partial charge in [0.1, 0.15) is 0 Å². The van der Waals surface area contributed by atoms with E-state index in [0.29, 0.717) is 5.92 Å². The Morgan fingerprint density at radius 3 is 1.75 bits per heavy atom. The second-order valence-corrected chi connectivity index (χ2v) is 13.3. The van der Waals surface area contributed by atoms with Crippen LogP contribution < -0.4 is 0 Å². The van der Waals surface area contributed by atoms with Gasteiger partial charge in [0.2, 0.25) is 0 Å². The molecule has 9 aromatic rings. The average Bonchev–Trinajstić information content (AvgIpc) is 3.77. The van der Waals surface area contributed by atoms with Crippen LogP contribution in [0.4, 0.5) is 0 Å². The molecule has 0 aliphatic carbocycles. The monoisotopic (exact) mass is 750 g/mol. The van der Waals surface area contributed by atoms with Gasteiger partial charge in [-0.3, -0.25) is 0 Å². The molecule has 0 atom stereocenters. The molecule has 0 aliphatic heterocycles. The van der Waals surface area contributed by atoms with Gasteiger partial charge in [0.25, 0.3) is 0 Å². The maximum absolute atomic E-state index is 3.06. The van der Waals surface area contributed by atoms with E-state index in [9.17, 15) is 0 Å². The predicted molar refractivity (Wildman–Crippen MR) is 225 cm³/mol. The first-order valence-corrected chi connectivity index (χ1v) is 21.1. The molecule has 0 amide bonds. The number of hydrogen-bond acceptors (Lipinski definition) is 0. The molecule has 2 heteroatoms. The van der Waals surface area contributed by atoms with Crippen molar-refractivity contribution < 1.29 is 23.3 Å². The van der Waals surface area contributed by atoms with Crippen molar-refractivity contribution in [2.45, 2.75) is 33.6 Å². The second kappa shape index (κ2) is 16.3. The van der Waals surface area contributed by atoms with E-state index < -0.39 is 0 Å². The summed E-state index contributed by atoms with van der Waals surface area (Å²) in [6.45, 7) is 11.9. The summed E-state index contributed by atoms with van der Waals surface area (Å²) < 4.78 is 0. The molecule has 0 N–H and O–H groups in total. The summed E-state index contributed by atoms with van der Waals surface area (Å²) in [4.78, 5) is 0. The third-order valence-corrected chi connectivity index (χ3v) is 9.85. The normalized spacial score (nSPS) is 10.7. The van der Waals surface area contributed by atoms with Crippen LogP contribution in [0.2, 0.25) is 0 Å². The molecule has 0 aliphatic rings. The fourth-order valence-electron chi connectivity index (χ4n) is 7.39. The van der Waals surface area contributed by atoms with Crippen molar-refractivity contribution in [3.8, 4) is 22.3 Å². The molecule has 9 aromatic carbocycles. The van der Waals surface area contributed by atoms with Crippen LogP contribution in [-0.2, 0) is 23.3 Å².